The van der Waals surface area contributed by atoms with Crippen LogP contribution in [0.25, 0.3) is 0 Å². The Kier molecular flexibility index (Phi) is 6.75. The van der Waals surface area contributed by atoms with Gasteiger partial charge in [0, 0.05) is 24.2 Å². The van der Waals surface area contributed by atoms with Gasteiger partial charge in [-0.2, -0.15) is 0 Å². The lowest BCUT2D eigenvalue weighted by molar-refractivity contribution is -0.385. The molecule has 1 saturated carbocycles. The van der Waals surface area contributed by atoms with Crippen molar-refractivity contribution >= 4 is 28.1 Å². The van der Waals surface area contributed by atoms with Crippen molar-refractivity contribution in [3.8, 4) is 5.75 Å². The zero-order chi connectivity index (χ0) is 16.3. The van der Waals surface area contributed by atoms with Crippen LogP contribution in [0.2, 0.25) is 0 Å². The van der Waals surface area contributed by atoms with Crippen molar-refractivity contribution in [2.75, 3.05) is 7.11 Å². The minimum atomic E-state index is -3.90. The minimum Gasteiger partial charge on any atom is -0.495 e. The Labute approximate surface area is 141 Å². The van der Waals surface area contributed by atoms with Crippen LogP contribution >= 0.6 is 12.4 Å². The van der Waals surface area contributed by atoms with Gasteiger partial charge in [0.25, 0.3) is 5.69 Å². The number of nitrogens with zero attached hydrogens (tertiary/aromatic N) is 1. The normalized spacial score (nSPS) is 21.3. The Balaban J connectivity index is 0.00000264. The van der Waals surface area contributed by atoms with Crippen molar-refractivity contribution in [1.29, 1.82) is 0 Å². The molecule has 3 N–H and O–H groups in total. The average Bonchev–Trinajstić information content (AvgIpc) is 2.48. The number of halogens is 1. The molecule has 1 fully saturated rings. The summed E-state index contributed by atoms with van der Waals surface area (Å²) in [7, 11) is -2.58. The van der Waals surface area contributed by atoms with Gasteiger partial charge in [0.05, 0.1) is 12.0 Å². The Hall–Kier alpha value is -1.42. The summed E-state index contributed by atoms with van der Waals surface area (Å²) in [6.07, 6.45) is 2.80. The lowest BCUT2D eigenvalue weighted by Crippen LogP contribution is -2.40. The fourth-order valence-electron chi connectivity index (χ4n) is 2.51. The number of sulfonamides is 1. The molecule has 1 aliphatic carbocycles. The van der Waals surface area contributed by atoms with E-state index in [2.05, 4.69) is 4.72 Å². The van der Waals surface area contributed by atoms with Gasteiger partial charge in [0.2, 0.25) is 10.0 Å². The first-order valence-electron chi connectivity index (χ1n) is 6.94. The molecule has 23 heavy (non-hydrogen) atoms. The van der Waals surface area contributed by atoms with Crippen LogP contribution in [0.15, 0.2) is 23.1 Å². The summed E-state index contributed by atoms with van der Waals surface area (Å²) in [6, 6.07) is 3.39. The molecule has 0 heterocycles. The number of benzene rings is 1. The van der Waals surface area contributed by atoms with Crippen LogP contribution in [0, 0.1) is 10.1 Å². The lowest BCUT2D eigenvalue weighted by Gasteiger charge is -2.26. The van der Waals surface area contributed by atoms with Gasteiger partial charge in [0.1, 0.15) is 10.6 Å². The van der Waals surface area contributed by atoms with Gasteiger partial charge >= 0.3 is 0 Å². The minimum absolute atomic E-state index is 0. The van der Waals surface area contributed by atoms with E-state index in [1.807, 2.05) is 0 Å². The molecule has 0 atom stereocenters. The highest BCUT2D eigenvalue weighted by molar-refractivity contribution is 7.89. The molecule has 0 aliphatic heterocycles. The van der Waals surface area contributed by atoms with E-state index in [-0.39, 0.29) is 40.8 Å². The van der Waals surface area contributed by atoms with Gasteiger partial charge in [-0.3, -0.25) is 10.1 Å². The second kappa shape index (κ2) is 7.91. The smallest absolute Gasteiger partial charge is 0.271 e. The van der Waals surface area contributed by atoms with E-state index in [1.54, 1.807) is 0 Å². The van der Waals surface area contributed by atoms with E-state index in [9.17, 15) is 18.5 Å². The van der Waals surface area contributed by atoms with Gasteiger partial charge in [-0.15, -0.1) is 12.4 Å². The van der Waals surface area contributed by atoms with Crippen LogP contribution in [0.3, 0.4) is 0 Å². The predicted octanol–water partition coefficient (Wildman–Crippen LogP) is 1.57. The number of rotatable bonds is 5. The summed E-state index contributed by atoms with van der Waals surface area (Å²) < 4.78 is 32.6. The number of ether oxygens (including phenoxy) is 1. The molecule has 130 valence electrons. The molecule has 1 aromatic carbocycles. The van der Waals surface area contributed by atoms with Crippen molar-refractivity contribution in [2.45, 2.75) is 42.7 Å². The number of hydrogen-bond donors (Lipinski definition) is 2. The standard InChI is InChI=1S/C13H19N3O5S.ClH/c1-21-12-7-6-11(16(17)18)8-13(12)22(19,20)15-10-4-2-9(14)3-5-10;/h6-10,15H,2-5,14H2,1H3;1H. The molecule has 1 aromatic rings. The molecule has 0 saturated heterocycles. The molecule has 0 aromatic heterocycles. The number of hydrogen-bond acceptors (Lipinski definition) is 6. The zero-order valence-electron chi connectivity index (χ0n) is 12.6. The van der Waals surface area contributed by atoms with Crippen LogP contribution in [0.1, 0.15) is 25.7 Å². The third-order valence-corrected chi connectivity index (χ3v) is 5.28. The molecule has 0 bridgehead atoms. The number of nitro benzene ring substituents is 1. The van der Waals surface area contributed by atoms with Crippen LogP contribution in [-0.2, 0) is 10.0 Å². The fraction of sp³-hybridized carbons (Fsp3) is 0.538. The highest BCUT2D eigenvalue weighted by Gasteiger charge is 2.28. The highest BCUT2D eigenvalue weighted by atomic mass is 35.5. The first kappa shape index (κ1) is 19.6. The largest absolute Gasteiger partial charge is 0.495 e. The Bertz CT molecular complexity index is 660. The second-order valence-corrected chi connectivity index (χ2v) is 7.01. The molecule has 1 aliphatic rings. The lowest BCUT2D eigenvalue weighted by atomic mass is 9.93. The molecule has 0 spiro atoms. The maximum Gasteiger partial charge on any atom is 0.271 e. The first-order chi connectivity index (χ1) is 10.3. The van der Waals surface area contributed by atoms with Gasteiger partial charge in [-0.25, -0.2) is 13.1 Å². The van der Waals surface area contributed by atoms with Crippen molar-refractivity contribution in [2.24, 2.45) is 5.73 Å². The van der Waals surface area contributed by atoms with Crippen LogP contribution < -0.4 is 15.2 Å². The van der Waals surface area contributed by atoms with Gasteiger partial charge in [0.15, 0.2) is 0 Å². The molecule has 10 heteroatoms. The number of nitro groups is 1. The SMILES string of the molecule is COc1ccc([N+](=O)[O-])cc1S(=O)(=O)NC1CCC(N)CC1.Cl. The van der Waals surface area contributed by atoms with E-state index in [4.69, 9.17) is 10.5 Å². The van der Waals surface area contributed by atoms with E-state index in [0.717, 1.165) is 18.9 Å². The van der Waals surface area contributed by atoms with Gasteiger partial charge in [-0.05, 0) is 31.7 Å². The molecule has 0 amide bonds. The van der Waals surface area contributed by atoms with E-state index < -0.39 is 14.9 Å². The molecule has 2 rings (SSSR count). The number of methoxy groups -OCH3 is 1. The Morgan fingerprint density at radius 1 is 1.30 bits per heavy atom. The molecule has 8 nitrogen and oxygen atoms in total. The van der Waals surface area contributed by atoms with E-state index in [0.29, 0.717) is 12.8 Å². The Morgan fingerprint density at radius 3 is 2.43 bits per heavy atom. The zero-order valence-corrected chi connectivity index (χ0v) is 14.2. The number of nitrogens with two attached hydrogens (primary N) is 1. The van der Waals surface area contributed by atoms with Gasteiger partial charge in [-0.1, -0.05) is 0 Å². The molecule has 0 radical (unpaired) electrons. The topological polar surface area (TPSA) is 125 Å². The molecular weight excluding hydrogens is 346 g/mol. The first-order valence-corrected chi connectivity index (χ1v) is 8.42. The van der Waals surface area contributed by atoms with Crippen LogP contribution in [-0.4, -0.2) is 32.5 Å². The number of non-ortho nitro benzene ring substituents is 1. The van der Waals surface area contributed by atoms with E-state index in [1.165, 1.54) is 19.2 Å². The van der Waals surface area contributed by atoms with Gasteiger partial charge < -0.3 is 10.5 Å². The summed E-state index contributed by atoms with van der Waals surface area (Å²) in [4.78, 5) is 9.98. The predicted molar refractivity (Wildman–Crippen MR) is 87.4 cm³/mol. The summed E-state index contributed by atoms with van der Waals surface area (Å²) in [5.74, 6) is 0.0746. The summed E-state index contributed by atoms with van der Waals surface area (Å²) in [5.41, 5.74) is 5.50. The summed E-state index contributed by atoms with van der Waals surface area (Å²) in [5, 5.41) is 10.8. The number of nitrogens with one attached hydrogen (secondary N) is 1. The van der Waals surface area contributed by atoms with Crippen LogP contribution in [0.4, 0.5) is 5.69 Å². The average molecular weight is 366 g/mol. The van der Waals surface area contributed by atoms with Crippen molar-refractivity contribution < 1.29 is 18.1 Å². The fourth-order valence-corrected chi connectivity index (χ4v) is 4.00. The van der Waals surface area contributed by atoms with Crippen molar-refractivity contribution in [3.05, 3.63) is 28.3 Å². The quantitative estimate of drug-likeness (QED) is 0.602. The van der Waals surface area contributed by atoms with Crippen molar-refractivity contribution in [1.82, 2.24) is 4.72 Å². The van der Waals surface area contributed by atoms with E-state index >= 15 is 0 Å². The summed E-state index contributed by atoms with van der Waals surface area (Å²) in [6.45, 7) is 0. The maximum atomic E-state index is 12.5. The monoisotopic (exact) mass is 365 g/mol. The van der Waals surface area contributed by atoms with Crippen LogP contribution in [0.5, 0.6) is 5.75 Å². The van der Waals surface area contributed by atoms with Crippen molar-refractivity contribution in [3.63, 3.8) is 0 Å². The molecule has 0 unspecified atom stereocenters. The highest BCUT2D eigenvalue weighted by Crippen LogP contribution is 2.29. The molecular formula is C13H20ClN3O5S. The second-order valence-electron chi connectivity index (χ2n) is 5.33. The third kappa shape index (κ3) is 4.77. The Morgan fingerprint density at radius 2 is 1.91 bits per heavy atom. The third-order valence-electron chi connectivity index (χ3n) is 3.74. The summed E-state index contributed by atoms with van der Waals surface area (Å²) >= 11 is 0. The maximum absolute atomic E-state index is 12.5.